The van der Waals surface area contributed by atoms with Crippen molar-refractivity contribution in [1.82, 2.24) is 19.9 Å². The largest absolute Gasteiger partial charge is 0.361 e. The topological polar surface area (TPSA) is 45.4 Å². The Labute approximate surface area is 125 Å². The van der Waals surface area contributed by atoms with Crippen LogP contribution in [0.15, 0.2) is 35.2 Å². The van der Waals surface area contributed by atoms with Gasteiger partial charge in [-0.05, 0) is 25.5 Å². The molecule has 1 unspecified atom stereocenters. The van der Waals surface area contributed by atoms with Gasteiger partial charge >= 0.3 is 0 Å². The molecular formula is C16H22N4O. The number of piperazine rings is 1. The number of hydrogen-bond acceptors (Lipinski definition) is 5. The van der Waals surface area contributed by atoms with Crippen LogP contribution in [0.1, 0.15) is 29.9 Å². The molecule has 0 spiro atoms. The zero-order valence-corrected chi connectivity index (χ0v) is 12.7. The van der Waals surface area contributed by atoms with Gasteiger partial charge in [-0.2, -0.15) is 0 Å². The number of aryl methyl sites for hydroxylation is 1. The molecule has 21 heavy (non-hydrogen) atoms. The molecule has 5 nitrogen and oxygen atoms in total. The third-order valence-electron chi connectivity index (χ3n) is 4.37. The standard InChI is InChI=1S/C16H22N4O/c1-13(15-4-3-5-17-10-15)20-8-6-19(7-9-20)12-16-11-18-21-14(16)2/h3-5,10-11,13H,6-9,12H2,1-2H3. The van der Waals surface area contributed by atoms with Crippen molar-refractivity contribution in [2.24, 2.45) is 0 Å². The summed E-state index contributed by atoms with van der Waals surface area (Å²) in [7, 11) is 0. The summed E-state index contributed by atoms with van der Waals surface area (Å²) in [4.78, 5) is 9.21. The summed E-state index contributed by atoms with van der Waals surface area (Å²) in [6.45, 7) is 9.50. The van der Waals surface area contributed by atoms with Gasteiger partial charge in [0.1, 0.15) is 5.76 Å². The molecule has 0 radical (unpaired) electrons. The normalized spacial score (nSPS) is 18.8. The summed E-state index contributed by atoms with van der Waals surface area (Å²) in [6.07, 6.45) is 5.63. The molecule has 2 aromatic rings. The lowest BCUT2D eigenvalue weighted by atomic mass is 10.1. The van der Waals surface area contributed by atoms with E-state index in [2.05, 4.69) is 32.9 Å². The fourth-order valence-electron chi connectivity index (χ4n) is 2.85. The van der Waals surface area contributed by atoms with Crippen LogP contribution in [-0.2, 0) is 6.54 Å². The van der Waals surface area contributed by atoms with E-state index in [1.165, 1.54) is 11.1 Å². The zero-order chi connectivity index (χ0) is 14.7. The Morgan fingerprint density at radius 2 is 2.05 bits per heavy atom. The molecule has 3 rings (SSSR count). The Bertz CT molecular complexity index is 561. The van der Waals surface area contributed by atoms with Crippen molar-refractivity contribution in [2.75, 3.05) is 26.2 Å². The van der Waals surface area contributed by atoms with E-state index in [1.807, 2.05) is 31.6 Å². The Morgan fingerprint density at radius 1 is 1.24 bits per heavy atom. The van der Waals surface area contributed by atoms with E-state index >= 15 is 0 Å². The van der Waals surface area contributed by atoms with Crippen LogP contribution in [0.4, 0.5) is 0 Å². The third kappa shape index (κ3) is 3.31. The van der Waals surface area contributed by atoms with Crippen LogP contribution in [0.2, 0.25) is 0 Å². The van der Waals surface area contributed by atoms with E-state index in [4.69, 9.17) is 4.52 Å². The second-order valence-electron chi connectivity index (χ2n) is 5.68. The molecule has 1 saturated heterocycles. The Kier molecular flexibility index (Phi) is 4.31. The molecule has 1 aliphatic rings. The maximum Gasteiger partial charge on any atom is 0.138 e. The first-order valence-corrected chi connectivity index (χ1v) is 7.50. The summed E-state index contributed by atoms with van der Waals surface area (Å²) in [5.74, 6) is 0.932. The van der Waals surface area contributed by atoms with Crippen molar-refractivity contribution in [3.63, 3.8) is 0 Å². The lowest BCUT2D eigenvalue weighted by Crippen LogP contribution is -2.46. The summed E-state index contributed by atoms with van der Waals surface area (Å²) in [5, 5.41) is 3.85. The average molecular weight is 286 g/mol. The van der Waals surface area contributed by atoms with Crippen molar-refractivity contribution in [3.05, 3.63) is 47.6 Å². The Hall–Kier alpha value is -1.72. The first-order chi connectivity index (χ1) is 10.2. The number of aromatic nitrogens is 2. The van der Waals surface area contributed by atoms with Crippen LogP contribution < -0.4 is 0 Å². The van der Waals surface area contributed by atoms with Gasteiger partial charge in [-0.1, -0.05) is 11.2 Å². The number of rotatable bonds is 4. The van der Waals surface area contributed by atoms with Crippen LogP contribution >= 0.6 is 0 Å². The predicted octanol–water partition coefficient (Wildman–Crippen LogP) is 2.26. The summed E-state index contributed by atoms with van der Waals surface area (Å²) >= 11 is 0. The number of pyridine rings is 1. The molecule has 2 aromatic heterocycles. The van der Waals surface area contributed by atoms with Gasteiger partial charge in [-0.15, -0.1) is 0 Å². The van der Waals surface area contributed by atoms with Crippen LogP contribution in [0.25, 0.3) is 0 Å². The fraction of sp³-hybridized carbons (Fsp3) is 0.500. The minimum Gasteiger partial charge on any atom is -0.361 e. The van der Waals surface area contributed by atoms with Crippen molar-refractivity contribution >= 4 is 0 Å². The third-order valence-corrected chi connectivity index (χ3v) is 4.37. The Morgan fingerprint density at radius 3 is 2.67 bits per heavy atom. The van der Waals surface area contributed by atoms with Gasteiger partial charge in [-0.25, -0.2) is 0 Å². The molecule has 1 atom stereocenters. The van der Waals surface area contributed by atoms with Gasteiger partial charge in [0.25, 0.3) is 0 Å². The molecule has 0 N–H and O–H groups in total. The molecule has 3 heterocycles. The number of nitrogens with zero attached hydrogens (tertiary/aromatic N) is 4. The highest BCUT2D eigenvalue weighted by Crippen LogP contribution is 2.21. The molecule has 1 fully saturated rings. The molecule has 0 bridgehead atoms. The quantitative estimate of drug-likeness (QED) is 0.862. The van der Waals surface area contributed by atoms with Crippen LogP contribution in [0.3, 0.4) is 0 Å². The average Bonchev–Trinajstić information content (AvgIpc) is 2.93. The van der Waals surface area contributed by atoms with E-state index in [-0.39, 0.29) is 0 Å². The van der Waals surface area contributed by atoms with Crippen LogP contribution in [0.5, 0.6) is 0 Å². The molecule has 1 aliphatic heterocycles. The summed E-state index contributed by atoms with van der Waals surface area (Å²) < 4.78 is 5.13. The molecular weight excluding hydrogens is 264 g/mol. The monoisotopic (exact) mass is 286 g/mol. The van der Waals surface area contributed by atoms with Crippen molar-refractivity contribution in [2.45, 2.75) is 26.4 Å². The molecule has 5 heteroatoms. The molecule has 0 saturated carbocycles. The van der Waals surface area contributed by atoms with Crippen LogP contribution in [0, 0.1) is 6.92 Å². The SMILES string of the molecule is Cc1oncc1CN1CCN(C(C)c2cccnc2)CC1. The molecule has 0 amide bonds. The van der Waals surface area contributed by atoms with Crippen LogP contribution in [-0.4, -0.2) is 46.1 Å². The summed E-state index contributed by atoms with van der Waals surface area (Å²) in [6, 6.07) is 4.60. The van der Waals surface area contributed by atoms with Gasteiger partial charge < -0.3 is 4.52 Å². The number of hydrogen-bond donors (Lipinski definition) is 0. The van der Waals surface area contributed by atoms with E-state index in [9.17, 15) is 0 Å². The van der Waals surface area contributed by atoms with E-state index in [1.54, 1.807) is 0 Å². The zero-order valence-electron chi connectivity index (χ0n) is 12.7. The smallest absolute Gasteiger partial charge is 0.138 e. The van der Waals surface area contributed by atoms with E-state index in [0.717, 1.165) is 38.5 Å². The first kappa shape index (κ1) is 14.2. The highest BCUT2D eigenvalue weighted by atomic mass is 16.5. The van der Waals surface area contributed by atoms with Gasteiger partial charge in [-0.3, -0.25) is 14.8 Å². The highest BCUT2D eigenvalue weighted by molar-refractivity contribution is 5.14. The van der Waals surface area contributed by atoms with Gasteiger partial charge in [0.05, 0.1) is 6.20 Å². The molecule has 0 aliphatic carbocycles. The minimum atomic E-state index is 0.429. The van der Waals surface area contributed by atoms with Crippen molar-refractivity contribution in [1.29, 1.82) is 0 Å². The predicted molar refractivity (Wildman–Crippen MR) is 80.7 cm³/mol. The van der Waals surface area contributed by atoms with Gasteiger partial charge in [0.2, 0.25) is 0 Å². The second-order valence-corrected chi connectivity index (χ2v) is 5.68. The van der Waals surface area contributed by atoms with E-state index < -0.39 is 0 Å². The fourth-order valence-corrected chi connectivity index (χ4v) is 2.85. The van der Waals surface area contributed by atoms with Gasteiger partial charge in [0, 0.05) is 56.7 Å². The first-order valence-electron chi connectivity index (χ1n) is 7.50. The van der Waals surface area contributed by atoms with Gasteiger partial charge in [0.15, 0.2) is 0 Å². The van der Waals surface area contributed by atoms with Crippen molar-refractivity contribution in [3.8, 4) is 0 Å². The second kappa shape index (κ2) is 6.37. The minimum absolute atomic E-state index is 0.429. The van der Waals surface area contributed by atoms with E-state index in [0.29, 0.717) is 6.04 Å². The maximum atomic E-state index is 5.13. The molecule has 112 valence electrons. The molecule has 0 aromatic carbocycles. The Balaban J connectivity index is 1.54. The lowest BCUT2D eigenvalue weighted by Gasteiger charge is -2.38. The van der Waals surface area contributed by atoms with Crippen molar-refractivity contribution < 1.29 is 4.52 Å². The summed E-state index contributed by atoms with van der Waals surface area (Å²) in [5.41, 5.74) is 2.49. The highest BCUT2D eigenvalue weighted by Gasteiger charge is 2.22. The lowest BCUT2D eigenvalue weighted by molar-refractivity contribution is 0.0974. The maximum absolute atomic E-state index is 5.13.